The third kappa shape index (κ3) is 7.37. The van der Waals surface area contributed by atoms with E-state index in [1.54, 1.807) is 18.2 Å². The van der Waals surface area contributed by atoms with Crippen LogP contribution in [-0.4, -0.2) is 52.5 Å². The molecule has 0 radical (unpaired) electrons. The summed E-state index contributed by atoms with van der Waals surface area (Å²) in [4.78, 5) is 31.3. The summed E-state index contributed by atoms with van der Waals surface area (Å²) in [5, 5.41) is 3.61. The number of carbonyl (C=O) groups excluding carboxylic acids is 1. The lowest BCUT2D eigenvalue weighted by atomic mass is 10.1. The maximum atomic E-state index is 13.3. The Morgan fingerprint density at radius 1 is 1.03 bits per heavy atom. The highest BCUT2D eigenvalue weighted by Gasteiger charge is 2.24. The molecule has 1 aliphatic heterocycles. The van der Waals surface area contributed by atoms with Crippen LogP contribution in [0.5, 0.6) is 0 Å². The molecule has 1 amide bonds. The fourth-order valence-corrected chi connectivity index (χ4v) is 6.10. The predicted octanol–water partition coefficient (Wildman–Crippen LogP) is 4.85. The minimum atomic E-state index is -1.29. The Morgan fingerprint density at radius 2 is 1.76 bits per heavy atom. The Bertz CT molecular complexity index is 1210. The van der Waals surface area contributed by atoms with Gasteiger partial charge in [-0.15, -0.1) is 4.31 Å². The van der Waals surface area contributed by atoms with Crippen LogP contribution in [-0.2, 0) is 11.4 Å². The van der Waals surface area contributed by atoms with Gasteiger partial charge >= 0.3 is 0 Å². The zero-order chi connectivity index (χ0) is 26.0. The van der Waals surface area contributed by atoms with E-state index < -0.39 is 11.4 Å². The molecule has 8 heteroatoms. The molecule has 0 aliphatic carbocycles. The molecule has 2 heterocycles. The molecule has 3 aromatic rings. The minimum Gasteiger partial charge on any atom is -0.593 e. The monoisotopic (exact) mass is 522 g/mol. The summed E-state index contributed by atoms with van der Waals surface area (Å²) >= 11 is -1.29. The van der Waals surface area contributed by atoms with Crippen LogP contribution in [0.25, 0.3) is 10.9 Å². The Hall–Kier alpha value is -2.81. The Kier molecular flexibility index (Phi) is 10.0. The smallest absolute Gasteiger partial charge is 0.252 e. The molecule has 1 fully saturated rings. The van der Waals surface area contributed by atoms with Crippen LogP contribution >= 0.6 is 0 Å². The molecule has 0 spiro atoms. The molecule has 0 bridgehead atoms. The van der Waals surface area contributed by atoms with Gasteiger partial charge in [-0.2, -0.15) is 0 Å². The third-order valence-electron chi connectivity index (χ3n) is 6.85. The molecule has 37 heavy (non-hydrogen) atoms. The van der Waals surface area contributed by atoms with E-state index in [1.165, 1.54) is 24.6 Å². The Balaban J connectivity index is 1.44. The average Bonchev–Trinajstić information content (AvgIpc) is 3.21. The maximum absolute atomic E-state index is 13.3. The number of amides is 1. The lowest BCUT2D eigenvalue weighted by molar-refractivity contribution is 0.0955. The number of fused-ring (bicyclic) bond motifs is 1. The van der Waals surface area contributed by atoms with Crippen LogP contribution in [0.3, 0.4) is 0 Å². The van der Waals surface area contributed by atoms with Crippen molar-refractivity contribution >= 4 is 33.9 Å². The summed E-state index contributed by atoms with van der Waals surface area (Å²) in [5.74, 6) is -0.284. The van der Waals surface area contributed by atoms with E-state index in [9.17, 15) is 14.1 Å². The van der Waals surface area contributed by atoms with Gasteiger partial charge < -0.3 is 19.8 Å². The van der Waals surface area contributed by atoms with Gasteiger partial charge in [0.05, 0.1) is 16.9 Å². The molecule has 1 unspecified atom stereocenters. The molecule has 4 rings (SSSR count). The van der Waals surface area contributed by atoms with Crippen molar-refractivity contribution in [1.82, 2.24) is 14.6 Å². The van der Waals surface area contributed by atoms with E-state index in [2.05, 4.69) is 34.3 Å². The number of anilines is 1. The SMILES string of the molecule is CCCCN(CCCNC(=O)c1cc(=O)[nH]c2ccc([S+]([O-])N3CCCCCC3)cc12)c1ccccc1. The first kappa shape index (κ1) is 27.2. The highest BCUT2D eigenvalue weighted by atomic mass is 32.2. The van der Waals surface area contributed by atoms with Gasteiger partial charge in [-0.05, 0) is 49.9 Å². The Morgan fingerprint density at radius 3 is 2.49 bits per heavy atom. The maximum Gasteiger partial charge on any atom is 0.252 e. The van der Waals surface area contributed by atoms with Crippen LogP contribution < -0.4 is 15.8 Å². The van der Waals surface area contributed by atoms with E-state index in [-0.39, 0.29) is 11.5 Å². The van der Waals surface area contributed by atoms with Crippen molar-refractivity contribution in [1.29, 1.82) is 0 Å². The van der Waals surface area contributed by atoms with Crippen LogP contribution in [0.4, 0.5) is 5.69 Å². The number of rotatable bonds is 11. The van der Waals surface area contributed by atoms with Crippen molar-refractivity contribution < 1.29 is 9.35 Å². The number of para-hydroxylation sites is 1. The standard InChI is InChI=1S/C29H38N4O3S/c1-2-3-17-32(23-12-7-6-8-13-23)18-11-16-30-29(35)26-22-28(34)31-27-15-14-24(21-25(26)27)37(36)33-19-9-4-5-10-20-33/h6-8,12-15,21-22H,2-5,9-11,16-20H2,1H3,(H,30,35)(H,31,34). The van der Waals surface area contributed by atoms with Gasteiger partial charge in [-0.1, -0.05) is 44.4 Å². The number of H-pyrrole nitrogens is 1. The lowest BCUT2D eigenvalue weighted by Crippen LogP contribution is -2.32. The number of hydrogen-bond acceptors (Lipinski definition) is 5. The number of aromatic amines is 1. The summed E-state index contributed by atoms with van der Waals surface area (Å²) in [5.41, 5.74) is 1.75. The molecule has 1 atom stereocenters. The van der Waals surface area contributed by atoms with Gasteiger partial charge in [0.15, 0.2) is 4.90 Å². The first-order valence-corrected chi connectivity index (χ1v) is 14.6. The Labute approximate surface area is 222 Å². The van der Waals surface area contributed by atoms with Crippen LogP contribution in [0, 0.1) is 0 Å². The van der Waals surface area contributed by atoms with E-state index in [0.29, 0.717) is 27.9 Å². The number of unbranched alkanes of at least 4 members (excludes halogenated alkanes) is 1. The predicted molar refractivity (Wildman–Crippen MR) is 152 cm³/mol. The first-order chi connectivity index (χ1) is 18.1. The van der Waals surface area contributed by atoms with Crippen molar-refractivity contribution in [2.75, 3.05) is 37.6 Å². The van der Waals surface area contributed by atoms with Gasteiger partial charge in [0.25, 0.3) is 5.91 Å². The van der Waals surface area contributed by atoms with Crippen molar-refractivity contribution in [2.45, 2.75) is 56.8 Å². The second-order valence-electron chi connectivity index (χ2n) is 9.63. The summed E-state index contributed by atoms with van der Waals surface area (Å²) < 4.78 is 15.3. The van der Waals surface area contributed by atoms with E-state index >= 15 is 0 Å². The third-order valence-corrected chi connectivity index (χ3v) is 8.34. The highest BCUT2D eigenvalue weighted by Crippen LogP contribution is 2.25. The highest BCUT2D eigenvalue weighted by molar-refractivity contribution is 7.89. The van der Waals surface area contributed by atoms with E-state index in [1.807, 2.05) is 22.5 Å². The van der Waals surface area contributed by atoms with E-state index in [0.717, 1.165) is 58.3 Å². The number of nitrogens with one attached hydrogen (secondary N) is 2. The zero-order valence-corrected chi connectivity index (χ0v) is 22.5. The fraction of sp³-hybridized carbons (Fsp3) is 0.448. The van der Waals surface area contributed by atoms with Gasteiger partial charge in [-0.25, -0.2) is 0 Å². The number of benzene rings is 2. The minimum absolute atomic E-state index is 0.284. The summed E-state index contributed by atoms with van der Waals surface area (Å²) in [7, 11) is 0. The fourth-order valence-electron chi connectivity index (χ4n) is 4.81. The molecule has 2 N–H and O–H groups in total. The molecule has 7 nitrogen and oxygen atoms in total. The second kappa shape index (κ2) is 13.7. The second-order valence-corrected chi connectivity index (χ2v) is 11.1. The quantitative estimate of drug-likeness (QED) is 0.277. The molecular formula is C29H38N4O3S. The summed E-state index contributed by atoms with van der Waals surface area (Å²) in [6.45, 7) is 6.11. The normalized spacial score (nSPS) is 15.3. The number of hydrogen-bond donors (Lipinski definition) is 2. The van der Waals surface area contributed by atoms with Gasteiger partial charge in [0, 0.05) is 61.4 Å². The lowest BCUT2D eigenvalue weighted by Gasteiger charge is -2.25. The molecule has 1 aliphatic rings. The first-order valence-electron chi connectivity index (χ1n) is 13.5. The average molecular weight is 523 g/mol. The largest absolute Gasteiger partial charge is 0.593 e. The van der Waals surface area contributed by atoms with Gasteiger partial charge in [-0.3, -0.25) is 9.59 Å². The molecule has 2 aromatic carbocycles. The molecule has 198 valence electrons. The van der Waals surface area contributed by atoms with Crippen LogP contribution in [0.2, 0.25) is 0 Å². The summed E-state index contributed by atoms with van der Waals surface area (Å²) in [6.07, 6.45) is 7.44. The van der Waals surface area contributed by atoms with Crippen LogP contribution in [0.1, 0.15) is 62.2 Å². The molecule has 0 saturated carbocycles. The number of nitrogens with zero attached hydrogens (tertiary/aromatic N) is 2. The van der Waals surface area contributed by atoms with Crippen LogP contribution in [0.15, 0.2) is 64.3 Å². The van der Waals surface area contributed by atoms with Crippen molar-refractivity contribution in [3.8, 4) is 0 Å². The molecule has 1 saturated heterocycles. The number of pyridine rings is 1. The zero-order valence-electron chi connectivity index (χ0n) is 21.7. The van der Waals surface area contributed by atoms with Gasteiger partial charge in [0.1, 0.15) is 0 Å². The van der Waals surface area contributed by atoms with Gasteiger partial charge in [0.2, 0.25) is 5.56 Å². The topological polar surface area (TPSA) is 91.5 Å². The van der Waals surface area contributed by atoms with Crippen molar-refractivity contribution in [2.24, 2.45) is 0 Å². The number of aromatic nitrogens is 1. The summed E-state index contributed by atoms with van der Waals surface area (Å²) in [6, 6.07) is 17.0. The number of carbonyl (C=O) groups is 1. The van der Waals surface area contributed by atoms with E-state index in [4.69, 9.17) is 0 Å². The molecule has 1 aromatic heterocycles. The van der Waals surface area contributed by atoms with Crippen molar-refractivity contribution in [3.63, 3.8) is 0 Å². The van der Waals surface area contributed by atoms with Crippen molar-refractivity contribution in [3.05, 3.63) is 70.5 Å². The molecular weight excluding hydrogens is 484 g/mol.